The van der Waals surface area contributed by atoms with Gasteiger partial charge in [0.1, 0.15) is 5.69 Å². The number of nitro groups is 1. The van der Waals surface area contributed by atoms with Gasteiger partial charge in [-0.05, 0) is 36.7 Å². The van der Waals surface area contributed by atoms with Gasteiger partial charge in [0.2, 0.25) is 10.0 Å². The quantitative estimate of drug-likeness (QED) is 0.603. The van der Waals surface area contributed by atoms with E-state index in [0.29, 0.717) is 12.2 Å². The van der Waals surface area contributed by atoms with Crippen LogP contribution in [0.1, 0.15) is 18.1 Å². The van der Waals surface area contributed by atoms with Gasteiger partial charge >= 0.3 is 0 Å². The van der Waals surface area contributed by atoms with Crippen LogP contribution in [0.25, 0.3) is 0 Å². The normalized spacial score (nSPS) is 11.3. The van der Waals surface area contributed by atoms with Gasteiger partial charge in [-0.2, -0.15) is 0 Å². The molecule has 2 aromatic carbocycles. The molecule has 25 heavy (non-hydrogen) atoms. The van der Waals surface area contributed by atoms with Gasteiger partial charge in [-0.1, -0.05) is 31.2 Å². The number of nitrogens with zero attached hydrogens (tertiary/aromatic N) is 2. The molecule has 0 fully saturated rings. The van der Waals surface area contributed by atoms with Crippen LogP contribution in [0.15, 0.2) is 47.4 Å². The fourth-order valence-electron chi connectivity index (χ4n) is 2.50. The molecule has 8 heteroatoms. The SMILES string of the molecule is CCc1ccc(CN(C)c2ccc(S(=O)(=O)NC)cc2[N+](=O)[O-])cc1. The fraction of sp³-hybridized carbons (Fsp3) is 0.294. The van der Waals surface area contributed by atoms with Crippen molar-refractivity contribution in [1.82, 2.24) is 4.72 Å². The smallest absolute Gasteiger partial charge is 0.293 e. The Bertz CT molecular complexity index is 864. The van der Waals surface area contributed by atoms with Crippen LogP contribution >= 0.6 is 0 Å². The topological polar surface area (TPSA) is 92.6 Å². The van der Waals surface area contributed by atoms with Crippen LogP contribution in [-0.2, 0) is 23.0 Å². The summed E-state index contributed by atoms with van der Waals surface area (Å²) in [6, 6.07) is 11.9. The molecule has 0 bridgehead atoms. The van der Waals surface area contributed by atoms with E-state index in [-0.39, 0.29) is 10.6 Å². The van der Waals surface area contributed by atoms with Crippen molar-refractivity contribution in [3.05, 3.63) is 63.7 Å². The minimum atomic E-state index is -3.74. The van der Waals surface area contributed by atoms with Gasteiger partial charge in [0, 0.05) is 19.7 Å². The van der Waals surface area contributed by atoms with Crippen molar-refractivity contribution in [2.24, 2.45) is 0 Å². The average Bonchev–Trinajstić information content (AvgIpc) is 2.61. The minimum Gasteiger partial charge on any atom is -0.365 e. The molecule has 0 amide bonds. The lowest BCUT2D eigenvalue weighted by molar-refractivity contribution is -0.384. The summed E-state index contributed by atoms with van der Waals surface area (Å²) in [5.41, 5.74) is 2.35. The Labute approximate surface area is 147 Å². The van der Waals surface area contributed by atoms with Gasteiger partial charge in [0.05, 0.1) is 9.82 Å². The summed E-state index contributed by atoms with van der Waals surface area (Å²) < 4.78 is 25.9. The standard InChI is InChI=1S/C17H21N3O4S/c1-4-13-5-7-14(8-6-13)12-19(3)16-10-9-15(25(23,24)18-2)11-17(16)20(21)22/h5-11,18H,4,12H2,1-3H3. The average molecular weight is 363 g/mol. The first-order valence-electron chi connectivity index (χ1n) is 7.79. The van der Waals surface area contributed by atoms with E-state index < -0.39 is 14.9 Å². The van der Waals surface area contributed by atoms with E-state index in [1.807, 2.05) is 24.3 Å². The largest absolute Gasteiger partial charge is 0.365 e. The van der Waals surface area contributed by atoms with Crippen LogP contribution in [0.3, 0.4) is 0 Å². The summed E-state index contributed by atoms with van der Waals surface area (Å²) in [5.74, 6) is 0. The fourth-order valence-corrected chi connectivity index (χ4v) is 3.25. The zero-order chi connectivity index (χ0) is 18.6. The van der Waals surface area contributed by atoms with Crippen LogP contribution in [0.4, 0.5) is 11.4 Å². The molecular formula is C17H21N3O4S. The highest BCUT2D eigenvalue weighted by Gasteiger charge is 2.22. The molecule has 0 atom stereocenters. The van der Waals surface area contributed by atoms with Crippen LogP contribution in [0, 0.1) is 10.1 Å². The Morgan fingerprint density at radius 2 is 1.72 bits per heavy atom. The van der Waals surface area contributed by atoms with E-state index in [2.05, 4.69) is 11.6 Å². The van der Waals surface area contributed by atoms with Crippen molar-refractivity contribution >= 4 is 21.4 Å². The van der Waals surface area contributed by atoms with E-state index in [1.165, 1.54) is 24.7 Å². The summed E-state index contributed by atoms with van der Waals surface area (Å²) >= 11 is 0. The first-order chi connectivity index (χ1) is 11.8. The number of anilines is 1. The monoisotopic (exact) mass is 363 g/mol. The maximum Gasteiger partial charge on any atom is 0.293 e. The molecule has 0 saturated carbocycles. The number of benzene rings is 2. The predicted octanol–water partition coefficient (Wildman–Crippen LogP) is 2.70. The van der Waals surface area contributed by atoms with Crippen LogP contribution in [-0.4, -0.2) is 27.4 Å². The molecule has 134 valence electrons. The zero-order valence-electron chi connectivity index (χ0n) is 14.4. The lowest BCUT2D eigenvalue weighted by atomic mass is 10.1. The number of nitrogens with one attached hydrogen (secondary N) is 1. The molecule has 0 spiro atoms. The maximum absolute atomic E-state index is 11.9. The Morgan fingerprint density at radius 1 is 1.12 bits per heavy atom. The number of rotatable bonds is 7. The Balaban J connectivity index is 2.34. The molecule has 0 unspecified atom stereocenters. The summed E-state index contributed by atoms with van der Waals surface area (Å²) in [4.78, 5) is 12.4. The minimum absolute atomic E-state index is 0.133. The summed E-state index contributed by atoms with van der Waals surface area (Å²) in [7, 11) is -0.733. The summed E-state index contributed by atoms with van der Waals surface area (Å²) in [6.45, 7) is 2.55. The lowest BCUT2D eigenvalue weighted by Crippen LogP contribution is -2.20. The predicted molar refractivity (Wildman–Crippen MR) is 97.3 cm³/mol. The zero-order valence-corrected chi connectivity index (χ0v) is 15.2. The van der Waals surface area contributed by atoms with Gasteiger partial charge in [0.15, 0.2) is 0 Å². The van der Waals surface area contributed by atoms with Gasteiger partial charge < -0.3 is 4.90 Å². The van der Waals surface area contributed by atoms with Crippen molar-refractivity contribution < 1.29 is 13.3 Å². The second-order valence-corrected chi connectivity index (χ2v) is 7.53. The Kier molecular flexibility index (Phi) is 5.76. The van der Waals surface area contributed by atoms with E-state index in [1.54, 1.807) is 11.9 Å². The number of sulfonamides is 1. The Morgan fingerprint density at radius 3 is 2.24 bits per heavy atom. The van der Waals surface area contributed by atoms with Gasteiger partial charge in [-0.25, -0.2) is 13.1 Å². The van der Waals surface area contributed by atoms with Gasteiger partial charge in [-0.15, -0.1) is 0 Å². The molecule has 0 aliphatic rings. The molecule has 0 aliphatic carbocycles. The highest BCUT2D eigenvalue weighted by molar-refractivity contribution is 7.89. The number of hydrogen-bond acceptors (Lipinski definition) is 5. The van der Waals surface area contributed by atoms with Crippen molar-refractivity contribution in [3.63, 3.8) is 0 Å². The van der Waals surface area contributed by atoms with Gasteiger partial charge in [0.25, 0.3) is 5.69 Å². The number of nitro benzene ring substituents is 1. The molecule has 0 aliphatic heterocycles. The van der Waals surface area contributed by atoms with Crippen molar-refractivity contribution in [1.29, 1.82) is 0 Å². The van der Waals surface area contributed by atoms with E-state index in [0.717, 1.165) is 18.1 Å². The molecule has 0 saturated heterocycles. The second-order valence-electron chi connectivity index (χ2n) is 5.64. The third-order valence-electron chi connectivity index (χ3n) is 3.98. The van der Waals surface area contributed by atoms with Crippen LogP contribution < -0.4 is 9.62 Å². The number of hydrogen-bond donors (Lipinski definition) is 1. The van der Waals surface area contributed by atoms with E-state index >= 15 is 0 Å². The van der Waals surface area contributed by atoms with Crippen LogP contribution in [0.5, 0.6) is 0 Å². The highest BCUT2D eigenvalue weighted by Crippen LogP contribution is 2.31. The Hall–Kier alpha value is -2.45. The molecule has 7 nitrogen and oxygen atoms in total. The van der Waals surface area contributed by atoms with Crippen molar-refractivity contribution in [2.75, 3.05) is 19.0 Å². The third kappa shape index (κ3) is 4.34. The van der Waals surface area contributed by atoms with Crippen molar-refractivity contribution in [3.8, 4) is 0 Å². The molecule has 0 heterocycles. The first-order valence-corrected chi connectivity index (χ1v) is 9.27. The summed E-state index contributed by atoms with van der Waals surface area (Å²) in [6.07, 6.45) is 0.947. The molecular weight excluding hydrogens is 342 g/mol. The summed E-state index contributed by atoms with van der Waals surface area (Å²) in [5, 5.41) is 11.4. The molecule has 2 aromatic rings. The molecule has 1 N–H and O–H groups in total. The van der Waals surface area contributed by atoms with E-state index in [4.69, 9.17) is 0 Å². The third-order valence-corrected chi connectivity index (χ3v) is 5.40. The molecule has 0 aromatic heterocycles. The molecule has 0 radical (unpaired) electrons. The van der Waals surface area contributed by atoms with E-state index in [9.17, 15) is 18.5 Å². The first kappa shape index (κ1) is 18.9. The lowest BCUT2D eigenvalue weighted by Gasteiger charge is -2.20. The maximum atomic E-state index is 11.9. The highest BCUT2D eigenvalue weighted by atomic mass is 32.2. The molecule has 2 rings (SSSR count). The van der Waals surface area contributed by atoms with Crippen LogP contribution in [0.2, 0.25) is 0 Å². The van der Waals surface area contributed by atoms with Crippen molar-refractivity contribution in [2.45, 2.75) is 24.8 Å². The second kappa shape index (κ2) is 7.62. The number of aryl methyl sites for hydroxylation is 1. The van der Waals surface area contributed by atoms with Gasteiger partial charge in [-0.3, -0.25) is 10.1 Å².